The van der Waals surface area contributed by atoms with Crippen molar-refractivity contribution in [1.82, 2.24) is 0 Å². The molecule has 0 aliphatic rings. The first-order valence-electron chi connectivity index (χ1n) is 4.01. The minimum atomic E-state index is -0.192. The van der Waals surface area contributed by atoms with Crippen molar-refractivity contribution in [3.8, 4) is 11.7 Å². The van der Waals surface area contributed by atoms with Gasteiger partial charge in [-0.15, -0.1) is 0 Å². The van der Waals surface area contributed by atoms with E-state index in [0.717, 1.165) is 0 Å². The highest BCUT2D eigenvalue weighted by Crippen LogP contribution is 2.20. The fourth-order valence-corrected chi connectivity index (χ4v) is 1.22. The molecule has 0 saturated carbocycles. The third-order valence-corrected chi connectivity index (χ3v) is 1.89. The highest BCUT2D eigenvalue weighted by atomic mass is 16.6. The number of hydrogen-bond donors (Lipinski definition) is 1. The lowest BCUT2D eigenvalue weighted by atomic mass is 10.2. The average molecular weight is 192 g/mol. The maximum atomic E-state index is 11.4. The molecule has 0 aliphatic heterocycles. The van der Waals surface area contributed by atoms with Crippen LogP contribution in [0.1, 0.15) is 0 Å². The van der Waals surface area contributed by atoms with Gasteiger partial charge in [-0.3, -0.25) is 4.79 Å². The SMILES string of the molecule is COc1cc(=O)c2ccc(O)cc2o1. The van der Waals surface area contributed by atoms with Gasteiger partial charge in [0.2, 0.25) is 0 Å². The molecule has 0 aliphatic carbocycles. The molecule has 0 radical (unpaired) electrons. The van der Waals surface area contributed by atoms with Crippen molar-refractivity contribution in [2.45, 2.75) is 0 Å². The molecule has 4 heteroatoms. The number of phenolic OH excluding ortho intramolecular Hbond substituents is 1. The zero-order valence-electron chi connectivity index (χ0n) is 7.48. The van der Waals surface area contributed by atoms with Crippen LogP contribution in [0.2, 0.25) is 0 Å². The van der Waals surface area contributed by atoms with Crippen LogP contribution < -0.4 is 10.2 Å². The number of fused-ring (bicyclic) bond motifs is 1. The Hall–Kier alpha value is -1.97. The third kappa shape index (κ3) is 1.31. The summed E-state index contributed by atoms with van der Waals surface area (Å²) in [6, 6.07) is 5.58. The lowest BCUT2D eigenvalue weighted by molar-refractivity contribution is 0.309. The van der Waals surface area contributed by atoms with Crippen LogP contribution in [0, 0.1) is 0 Å². The maximum absolute atomic E-state index is 11.4. The Morgan fingerprint density at radius 1 is 1.36 bits per heavy atom. The van der Waals surface area contributed by atoms with Gasteiger partial charge < -0.3 is 14.3 Å². The van der Waals surface area contributed by atoms with Crippen molar-refractivity contribution in [2.75, 3.05) is 7.11 Å². The minimum absolute atomic E-state index is 0.0499. The monoisotopic (exact) mass is 192 g/mol. The first kappa shape index (κ1) is 8.62. The predicted molar refractivity (Wildman–Crippen MR) is 50.7 cm³/mol. The Morgan fingerprint density at radius 3 is 2.86 bits per heavy atom. The van der Waals surface area contributed by atoms with E-state index in [9.17, 15) is 9.90 Å². The number of hydrogen-bond acceptors (Lipinski definition) is 4. The summed E-state index contributed by atoms with van der Waals surface area (Å²) in [5.74, 6) is 0.182. The molecule has 1 heterocycles. The molecule has 0 fully saturated rings. The van der Waals surface area contributed by atoms with Crippen molar-refractivity contribution in [3.63, 3.8) is 0 Å². The van der Waals surface area contributed by atoms with E-state index in [1.807, 2.05) is 0 Å². The van der Waals surface area contributed by atoms with E-state index in [1.165, 1.54) is 31.4 Å². The molecule has 0 spiro atoms. The number of rotatable bonds is 1. The normalized spacial score (nSPS) is 10.4. The van der Waals surface area contributed by atoms with E-state index in [2.05, 4.69) is 0 Å². The highest BCUT2D eigenvalue weighted by molar-refractivity contribution is 5.78. The molecular formula is C10H8O4. The van der Waals surface area contributed by atoms with E-state index >= 15 is 0 Å². The molecule has 1 N–H and O–H groups in total. The van der Waals surface area contributed by atoms with E-state index in [1.54, 1.807) is 0 Å². The summed E-state index contributed by atoms with van der Waals surface area (Å²) in [4.78, 5) is 11.4. The van der Waals surface area contributed by atoms with Gasteiger partial charge in [-0.25, -0.2) is 0 Å². The number of methoxy groups -OCH3 is 1. The van der Waals surface area contributed by atoms with Gasteiger partial charge in [0.25, 0.3) is 5.95 Å². The Kier molecular flexibility index (Phi) is 1.89. The smallest absolute Gasteiger partial charge is 0.288 e. The van der Waals surface area contributed by atoms with Gasteiger partial charge in [0, 0.05) is 6.07 Å². The molecular weight excluding hydrogens is 184 g/mol. The van der Waals surface area contributed by atoms with E-state index in [4.69, 9.17) is 9.15 Å². The fraction of sp³-hybridized carbons (Fsp3) is 0.100. The van der Waals surface area contributed by atoms with Crippen molar-refractivity contribution >= 4 is 11.0 Å². The van der Waals surface area contributed by atoms with Gasteiger partial charge in [0.05, 0.1) is 18.6 Å². The molecule has 2 aromatic rings. The summed E-state index contributed by atoms with van der Waals surface area (Å²) in [7, 11) is 1.41. The standard InChI is InChI=1S/C10H8O4/c1-13-10-5-8(12)7-3-2-6(11)4-9(7)14-10/h2-5,11H,1H3. The van der Waals surface area contributed by atoms with Crippen LogP contribution in [-0.4, -0.2) is 12.2 Å². The predicted octanol–water partition coefficient (Wildman–Crippen LogP) is 1.51. The Balaban J connectivity index is 2.84. The van der Waals surface area contributed by atoms with Gasteiger partial charge in [-0.2, -0.15) is 0 Å². The van der Waals surface area contributed by atoms with Gasteiger partial charge in [0.1, 0.15) is 11.3 Å². The van der Waals surface area contributed by atoms with Crippen LogP contribution >= 0.6 is 0 Å². The quantitative estimate of drug-likeness (QED) is 0.743. The molecule has 14 heavy (non-hydrogen) atoms. The Morgan fingerprint density at radius 2 is 2.14 bits per heavy atom. The molecule has 1 aromatic heterocycles. The molecule has 0 amide bonds. The van der Waals surface area contributed by atoms with Crippen LogP contribution in [0.5, 0.6) is 11.7 Å². The summed E-state index contributed by atoms with van der Waals surface area (Å²) >= 11 is 0. The topological polar surface area (TPSA) is 59.7 Å². The van der Waals surface area contributed by atoms with Crippen LogP contribution in [-0.2, 0) is 0 Å². The Bertz CT molecular complexity index is 527. The second-order valence-electron chi connectivity index (χ2n) is 2.81. The van der Waals surface area contributed by atoms with Gasteiger partial charge in [0.15, 0.2) is 5.43 Å². The van der Waals surface area contributed by atoms with Gasteiger partial charge in [-0.1, -0.05) is 0 Å². The Labute approximate surface area is 79.4 Å². The summed E-state index contributed by atoms with van der Waals surface area (Å²) in [6.07, 6.45) is 0. The highest BCUT2D eigenvalue weighted by Gasteiger charge is 2.04. The second kappa shape index (κ2) is 3.06. The fourth-order valence-electron chi connectivity index (χ4n) is 1.22. The third-order valence-electron chi connectivity index (χ3n) is 1.89. The average Bonchev–Trinajstić information content (AvgIpc) is 2.16. The molecule has 0 bridgehead atoms. The van der Waals surface area contributed by atoms with Crippen LogP contribution in [0.15, 0.2) is 33.5 Å². The lowest BCUT2D eigenvalue weighted by Crippen LogP contribution is -2.00. The largest absolute Gasteiger partial charge is 0.508 e. The van der Waals surface area contributed by atoms with E-state index in [-0.39, 0.29) is 17.1 Å². The molecule has 1 aromatic carbocycles. The van der Waals surface area contributed by atoms with Crippen molar-refractivity contribution in [1.29, 1.82) is 0 Å². The maximum Gasteiger partial charge on any atom is 0.288 e. The van der Waals surface area contributed by atoms with Gasteiger partial charge >= 0.3 is 0 Å². The molecule has 72 valence electrons. The van der Waals surface area contributed by atoms with Gasteiger partial charge in [-0.05, 0) is 12.1 Å². The minimum Gasteiger partial charge on any atom is -0.508 e. The molecule has 0 saturated heterocycles. The summed E-state index contributed by atoms with van der Waals surface area (Å²) in [6.45, 7) is 0. The number of ether oxygens (including phenoxy) is 1. The first-order valence-corrected chi connectivity index (χ1v) is 4.01. The number of phenols is 1. The van der Waals surface area contributed by atoms with Crippen molar-refractivity contribution in [2.24, 2.45) is 0 Å². The summed E-state index contributed by atoms with van der Waals surface area (Å²) in [5.41, 5.74) is 0.123. The molecule has 2 rings (SSSR count). The zero-order chi connectivity index (χ0) is 10.1. The first-order chi connectivity index (χ1) is 6.70. The lowest BCUT2D eigenvalue weighted by Gasteiger charge is -2.00. The van der Waals surface area contributed by atoms with Crippen LogP contribution in [0.3, 0.4) is 0 Å². The second-order valence-corrected chi connectivity index (χ2v) is 2.81. The van der Waals surface area contributed by atoms with E-state index in [0.29, 0.717) is 11.0 Å². The van der Waals surface area contributed by atoms with Crippen molar-refractivity contribution < 1.29 is 14.3 Å². The molecule has 0 unspecified atom stereocenters. The van der Waals surface area contributed by atoms with Crippen molar-refractivity contribution in [3.05, 3.63) is 34.5 Å². The summed E-state index contributed by atoms with van der Waals surface area (Å²) in [5, 5.41) is 9.60. The van der Waals surface area contributed by atoms with Crippen LogP contribution in [0.4, 0.5) is 0 Å². The number of aromatic hydroxyl groups is 1. The van der Waals surface area contributed by atoms with E-state index < -0.39 is 0 Å². The van der Waals surface area contributed by atoms with Crippen LogP contribution in [0.25, 0.3) is 11.0 Å². The summed E-state index contributed by atoms with van der Waals surface area (Å²) < 4.78 is 9.99. The zero-order valence-corrected chi connectivity index (χ0v) is 7.48. The molecule has 4 nitrogen and oxygen atoms in total. The number of benzene rings is 1. The molecule has 0 atom stereocenters.